The van der Waals surface area contributed by atoms with Gasteiger partial charge in [-0.2, -0.15) is 0 Å². The maximum Gasteiger partial charge on any atom is 0.261 e. The lowest BCUT2D eigenvalue weighted by Gasteiger charge is -2.22. The van der Waals surface area contributed by atoms with Crippen molar-refractivity contribution in [1.29, 1.82) is 0 Å². The Hall–Kier alpha value is -0.810. The number of hydrogen-bond acceptors (Lipinski definition) is 3. The van der Waals surface area contributed by atoms with Crippen molar-refractivity contribution in [3.63, 3.8) is 0 Å². The fourth-order valence-electron chi connectivity index (χ4n) is 0.920. The van der Waals surface area contributed by atoms with Gasteiger partial charge in [0, 0.05) is 5.69 Å². The third-order valence-corrected chi connectivity index (χ3v) is 2.00. The smallest absolute Gasteiger partial charge is 0.261 e. The first-order valence-electron chi connectivity index (χ1n) is 3.92. The summed E-state index contributed by atoms with van der Waals surface area (Å²) in [6.07, 6.45) is -2.70. The molecule has 0 saturated carbocycles. The minimum atomic E-state index is -2.70. The van der Waals surface area contributed by atoms with Gasteiger partial charge < -0.3 is 5.73 Å². The zero-order chi connectivity index (χ0) is 10.9. The predicted octanol–water partition coefficient (Wildman–Crippen LogP) is 1.88. The Kier molecular flexibility index (Phi) is 3.01. The molecule has 1 aromatic rings. The summed E-state index contributed by atoms with van der Waals surface area (Å²) < 4.78 is 25.1. The number of aromatic nitrogens is 2. The van der Waals surface area contributed by atoms with Crippen molar-refractivity contribution in [2.75, 3.05) is 0 Å². The van der Waals surface area contributed by atoms with Crippen molar-refractivity contribution in [3.05, 3.63) is 22.7 Å². The van der Waals surface area contributed by atoms with Crippen LogP contribution in [0.4, 0.5) is 8.78 Å². The lowest BCUT2D eigenvalue weighted by molar-refractivity contribution is 0.0601. The Morgan fingerprint density at radius 2 is 2.07 bits per heavy atom. The van der Waals surface area contributed by atoms with Crippen LogP contribution in [0, 0.1) is 6.92 Å². The first kappa shape index (κ1) is 11.3. The molecule has 78 valence electrons. The van der Waals surface area contributed by atoms with Crippen molar-refractivity contribution in [1.82, 2.24) is 9.97 Å². The van der Waals surface area contributed by atoms with Gasteiger partial charge in [-0.3, -0.25) is 0 Å². The third-order valence-electron chi connectivity index (χ3n) is 1.83. The molecule has 0 fully saturated rings. The van der Waals surface area contributed by atoms with Crippen molar-refractivity contribution in [2.45, 2.75) is 25.8 Å². The van der Waals surface area contributed by atoms with Crippen molar-refractivity contribution in [2.24, 2.45) is 5.73 Å². The quantitative estimate of drug-likeness (QED) is 0.776. The van der Waals surface area contributed by atoms with Gasteiger partial charge in [0.1, 0.15) is 5.54 Å². The van der Waals surface area contributed by atoms with E-state index in [9.17, 15) is 8.78 Å². The summed E-state index contributed by atoms with van der Waals surface area (Å²) in [7, 11) is 0. The third kappa shape index (κ3) is 2.16. The standard InChI is InChI=1S/C8H10ClF2N3/c1-4-3-5(14-7(9)13-4)8(2,12)6(10)11/h3,6H,12H2,1-2H3. The highest BCUT2D eigenvalue weighted by Gasteiger charge is 2.34. The fraction of sp³-hybridized carbons (Fsp3) is 0.500. The van der Waals surface area contributed by atoms with Gasteiger partial charge in [0.25, 0.3) is 6.43 Å². The second-order valence-electron chi connectivity index (χ2n) is 3.25. The first-order chi connectivity index (χ1) is 6.34. The van der Waals surface area contributed by atoms with E-state index in [1.54, 1.807) is 6.92 Å². The molecule has 0 aliphatic rings. The van der Waals surface area contributed by atoms with Gasteiger partial charge in [0.2, 0.25) is 5.28 Å². The van der Waals surface area contributed by atoms with E-state index >= 15 is 0 Å². The highest BCUT2D eigenvalue weighted by atomic mass is 35.5. The van der Waals surface area contributed by atoms with E-state index in [1.165, 1.54) is 13.0 Å². The van der Waals surface area contributed by atoms with Gasteiger partial charge in [-0.1, -0.05) is 0 Å². The van der Waals surface area contributed by atoms with Crippen LogP contribution in [0.2, 0.25) is 5.28 Å². The van der Waals surface area contributed by atoms with Crippen molar-refractivity contribution < 1.29 is 8.78 Å². The Morgan fingerprint density at radius 1 is 1.50 bits per heavy atom. The first-order valence-corrected chi connectivity index (χ1v) is 4.30. The number of aryl methyl sites for hydroxylation is 1. The summed E-state index contributed by atoms with van der Waals surface area (Å²) in [5.74, 6) is 0. The molecule has 0 bridgehead atoms. The zero-order valence-electron chi connectivity index (χ0n) is 7.76. The number of rotatable bonds is 2. The Labute approximate surface area is 85.3 Å². The Balaban J connectivity index is 3.18. The summed E-state index contributed by atoms with van der Waals surface area (Å²) in [6, 6.07) is 1.40. The number of nitrogens with zero attached hydrogens (tertiary/aromatic N) is 2. The SMILES string of the molecule is Cc1cc(C(C)(N)C(F)F)nc(Cl)n1. The lowest BCUT2D eigenvalue weighted by Crippen LogP contribution is -2.41. The Morgan fingerprint density at radius 3 is 2.50 bits per heavy atom. The van der Waals surface area contributed by atoms with E-state index in [0.717, 1.165) is 0 Å². The fourth-order valence-corrected chi connectivity index (χ4v) is 1.14. The normalized spacial score (nSPS) is 15.6. The molecule has 0 aromatic carbocycles. The molecule has 1 rings (SSSR count). The summed E-state index contributed by atoms with van der Waals surface area (Å²) in [5.41, 5.74) is 4.18. The molecule has 0 spiro atoms. The molecule has 1 atom stereocenters. The molecule has 6 heteroatoms. The molecule has 1 heterocycles. The summed E-state index contributed by atoms with van der Waals surface area (Å²) >= 11 is 5.54. The second-order valence-corrected chi connectivity index (χ2v) is 3.59. The molecule has 0 amide bonds. The van der Waals surface area contributed by atoms with E-state index < -0.39 is 12.0 Å². The number of halogens is 3. The van der Waals surface area contributed by atoms with Crippen LogP contribution in [0.1, 0.15) is 18.3 Å². The average Bonchev–Trinajstić information content (AvgIpc) is 2.01. The molecule has 0 radical (unpaired) electrons. The second kappa shape index (κ2) is 3.74. The Bertz CT molecular complexity index is 321. The van der Waals surface area contributed by atoms with Crippen molar-refractivity contribution in [3.8, 4) is 0 Å². The topological polar surface area (TPSA) is 51.8 Å². The van der Waals surface area contributed by atoms with E-state index in [2.05, 4.69) is 9.97 Å². The molecule has 14 heavy (non-hydrogen) atoms. The lowest BCUT2D eigenvalue weighted by atomic mass is 9.99. The largest absolute Gasteiger partial charge is 0.316 e. The maximum absolute atomic E-state index is 12.5. The average molecular weight is 222 g/mol. The van der Waals surface area contributed by atoms with Crippen LogP contribution in [-0.2, 0) is 5.54 Å². The molecule has 0 saturated heterocycles. The van der Waals surface area contributed by atoms with E-state index in [-0.39, 0.29) is 11.0 Å². The maximum atomic E-state index is 12.5. The van der Waals surface area contributed by atoms with E-state index in [4.69, 9.17) is 17.3 Å². The van der Waals surface area contributed by atoms with Gasteiger partial charge in [0.15, 0.2) is 0 Å². The molecule has 3 nitrogen and oxygen atoms in total. The molecule has 2 N–H and O–H groups in total. The summed E-state index contributed by atoms with van der Waals surface area (Å²) in [6.45, 7) is 2.84. The monoisotopic (exact) mass is 221 g/mol. The predicted molar refractivity (Wildman–Crippen MR) is 49.3 cm³/mol. The van der Waals surface area contributed by atoms with Gasteiger partial charge >= 0.3 is 0 Å². The minimum absolute atomic E-state index is 0.0463. The zero-order valence-corrected chi connectivity index (χ0v) is 8.52. The van der Waals surface area contributed by atoms with E-state index in [1.807, 2.05) is 0 Å². The van der Waals surface area contributed by atoms with Gasteiger partial charge in [-0.25, -0.2) is 18.7 Å². The molecular weight excluding hydrogens is 212 g/mol. The number of alkyl halides is 2. The molecule has 1 unspecified atom stereocenters. The van der Waals surface area contributed by atoms with Gasteiger partial charge in [-0.05, 0) is 31.5 Å². The molecular formula is C8H10ClF2N3. The van der Waals surface area contributed by atoms with Crippen LogP contribution in [0.15, 0.2) is 6.07 Å². The van der Waals surface area contributed by atoms with Crippen LogP contribution < -0.4 is 5.73 Å². The molecule has 0 aliphatic carbocycles. The van der Waals surface area contributed by atoms with Gasteiger partial charge in [-0.15, -0.1) is 0 Å². The number of nitrogens with two attached hydrogens (primary N) is 1. The van der Waals surface area contributed by atoms with Crippen LogP contribution in [0.25, 0.3) is 0 Å². The van der Waals surface area contributed by atoms with Gasteiger partial charge in [0.05, 0.1) is 5.69 Å². The highest BCUT2D eigenvalue weighted by molar-refractivity contribution is 6.28. The van der Waals surface area contributed by atoms with Crippen LogP contribution >= 0.6 is 11.6 Å². The summed E-state index contributed by atoms with van der Waals surface area (Å²) in [5, 5.41) is -0.0719. The van der Waals surface area contributed by atoms with Crippen LogP contribution in [-0.4, -0.2) is 16.4 Å². The van der Waals surface area contributed by atoms with Crippen LogP contribution in [0.5, 0.6) is 0 Å². The summed E-state index contributed by atoms with van der Waals surface area (Å²) in [4.78, 5) is 7.44. The minimum Gasteiger partial charge on any atom is -0.316 e. The van der Waals surface area contributed by atoms with E-state index in [0.29, 0.717) is 5.69 Å². The molecule has 0 aliphatic heterocycles. The molecule has 1 aromatic heterocycles. The van der Waals surface area contributed by atoms with Crippen molar-refractivity contribution >= 4 is 11.6 Å². The number of hydrogen-bond donors (Lipinski definition) is 1. The highest BCUT2D eigenvalue weighted by Crippen LogP contribution is 2.24. The van der Waals surface area contributed by atoms with Crippen LogP contribution in [0.3, 0.4) is 0 Å².